The SMILES string of the molecule is O=C1CC2(CCN(CC3CN(Cc4ccccc4)CC3c3cccc(Cl)c3)CC2)c2ccccc21. The third-order valence-corrected chi connectivity index (χ3v) is 8.88. The maximum atomic E-state index is 12.7. The fourth-order valence-electron chi connectivity index (χ4n) is 6.86. The van der Waals surface area contributed by atoms with Crippen LogP contribution in [-0.4, -0.2) is 48.3 Å². The number of hydrogen-bond donors (Lipinski definition) is 0. The molecule has 0 amide bonds. The third kappa shape index (κ3) is 4.58. The molecular weight excluding hydrogens is 452 g/mol. The molecule has 0 bridgehead atoms. The van der Waals surface area contributed by atoms with E-state index >= 15 is 0 Å². The zero-order valence-electron chi connectivity index (χ0n) is 20.2. The molecule has 2 fully saturated rings. The summed E-state index contributed by atoms with van der Waals surface area (Å²) in [4.78, 5) is 18.0. The van der Waals surface area contributed by atoms with Crippen molar-refractivity contribution >= 4 is 17.4 Å². The van der Waals surface area contributed by atoms with Crippen LogP contribution in [0.3, 0.4) is 0 Å². The van der Waals surface area contributed by atoms with E-state index < -0.39 is 0 Å². The molecule has 180 valence electrons. The topological polar surface area (TPSA) is 23.6 Å². The standard InChI is InChI=1S/C31H33ClN2O/c32-26-10-6-9-24(17-26)28-22-34(19-23-7-2-1-3-8-23)21-25(28)20-33-15-13-31(14-16-33)18-30(35)27-11-4-5-12-29(27)31/h1-12,17,25,28H,13-16,18-22H2. The lowest BCUT2D eigenvalue weighted by atomic mass is 9.73. The molecule has 0 radical (unpaired) electrons. The summed E-state index contributed by atoms with van der Waals surface area (Å²) in [5.41, 5.74) is 5.07. The van der Waals surface area contributed by atoms with Gasteiger partial charge in [-0.1, -0.05) is 78.3 Å². The molecule has 2 heterocycles. The van der Waals surface area contributed by atoms with E-state index in [2.05, 4.69) is 70.5 Å². The fourth-order valence-corrected chi connectivity index (χ4v) is 7.06. The Kier molecular flexibility index (Phi) is 6.26. The number of benzene rings is 3. The van der Waals surface area contributed by atoms with Crippen LogP contribution in [0.1, 0.15) is 52.2 Å². The van der Waals surface area contributed by atoms with Crippen molar-refractivity contribution in [3.05, 3.63) is 106 Å². The first kappa shape index (κ1) is 23.0. The molecule has 1 spiro atoms. The van der Waals surface area contributed by atoms with Gasteiger partial charge >= 0.3 is 0 Å². The molecule has 0 saturated carbocycles. The van der Waals surface area contributed by atoms with E-state index in [-0.39, 0.29) is 5.41 Å². The third-order valence-electron chi connectivity index (χ3n) is 8.65. The van der Waals surface area contributed by atoms with Gasteiger partial charge < -0.3 is 4.90 Å². The number of carbonyl (C=O) groups is 1. The van der Waals surface area contributed by atoms with Gasteiger partial charge in [0.15, 0.2) is 5.78 Å². The van der Waals surface area contributed by atoms with Gasteiger partial charge in [-0.05, 0) is 60.7 Å². The predicted octanol–water partition coefficient (Wildman–Crippen LogP) is 6.18. The molecule has 3 aromatic rings. The number of fused-ring (bicyclic) bond motifs is 2. The number of nitrogens with zero attached hydrogens (tertiary/aromatic N) is 2. The van der Waals surface area contributed by atoms with Crippen molar-refractivity contribution in [3.8, 4) is 0 Å². The lowest BCUT2D eigenvalue weighted by Crippen LogP contribution is -2.44. The van der Waals surface area contributed by atoms with Gasteiger partial charge in [0.1, 0.15) is 0 Å². The molecule has 3 aromatic carbocycles. The zero-order chi connectivity index (χ0) is 23.8. The molecule has 35 heavy (non-hydrogen) atoms. The average Bonchev–Trinajstić information content (AvgIpc) is 3.39. The zero-order valence-corrected chi connectivity index (χ0v) is 21.0. The van der Waals surface area contributed by atoms with Crippen molar-refractivity contribution in [3.63, 3.8) is 0 Å². The van der Waals surface area contributed by atoms with E-state index in [4.69, 9.17) is 11.6 Å². The second kappa shape index (κ2) is 9.54. The summed E-state index contributed by atoms with van der Waals surface area (Å²) in [7, 11) is 0. The predicted molar refractivity (Wildman–Crippen MR) is 142 cm³/mol. The Labute approximate surface area is 213 Å². The maximum Gasteiger partial charge on any atom is 0.164 e. The number of likely N-dealkylation sites (tertiary alicyclic amines) is 2. The summed E-state index contributed by atoms with van der Waals surface area (Å²) < 4.78 is 0. The molecule has 6 rings (SSSR count). The van der Waals surface area contributed by atoms with E-state index in [1.807, 2.05) is 18.2 Å². The number of carbonyl (C=O) groups excluding carboxylic acids is 1. The van der Waals surface area contributed by atoms with Crippen LogP contribution in [-0.2, 0) is 12.0 Å². The minimum absolute atomic E-state index is 0.0611. The molecule has 2 saturated heterocycles. The molecule has 3 nitrogen and oxygen atoms in total. The molecule has 4 heteroatoms. The van der Waals surface area contributed by atoms with Gasteiger partial charge in [0.05, 0.1) is 0 Å². The first-order valence-electron chi connectivity index (χ1n) is 13.0. The molecule has 1 aliphatic carbocycles. The Morgan fingerprint density at radius 3 is 2.43 bits per heavy atom. The van der Waals surface area contributed by atoms with Crippen LogP contribution in [0, 0.1) is 5.92 Å². The highest BCUT2D eigenvalue weighted by molar-refractivity contribution is 6.30. The summed E-state index contributed by atoms with van der Waals surface area (Å²) in [6.07, 6.45) is 2.86. The summed E-state index contributed by atoms with van der Waals surface area (Å²) in [6, 6.07) is 27.6. The smallest absolute Gasteiger partial charge is 0.164 e. The molecule has 2 aliphatic heterocycles. The highest BCUT2D eigenvalue weighted by Crippen LogP contribution is 2.46. The lowest BCUT2D eigenvalue weighted by molar-refractivity contribution is 0.0922. The molecule has 2 atom stereocenters. The maximum absolute atomic E-state index is 12.7. The van der Waals surface area contributed by atoms with E-state index in [0.717, 1.165) is 62.7 Å². The van der Waals surface area contributed by atoms with E-state index in [1.54, 1.807) is 0 Å². The van der Waals surface area contributed by atoms with Crippen LogP contribution in [0.5, 0.6) is 0 Å². The van der Waals surface area contributed by atoms with E-state index in [9.17, 15) is 4.79 Å². The number of rotatable bonds is 5. The van der Waals surface area contributed by atoms with Gasteiger partial charge in [-0.15, -0.1) is 0 Å². The van der Waals surface area contributed by atoms with Gasteiger partial charge in [0.25, 0.3) is 0 Å². The highest BCUT2D eigenvalue weighted by Gasteiger charge is 2.45. The number of halogens is 1. The number of ketones is 1. The van der Waals surface area contributed by atoms with Crippen molar-refractivity contribution in [2.24, 2.45) is 5.92 Å². The number of Topliss-reactive ketones (excluding diaryl/α,β-unsaturated/α-hetero) is 1. The first-order chi connectivity index (χ1) is 17.1. The Hall–Kier alpha value is -2.46. The van der Waals surface area contributed by atoms with Gasteiger partial charge in [-0.3, -0.25) is 9.69 Å². The summed E-state index contributed by atoms with van der Waals surface area (Å²) in [5, 5.41) is 0.826. The normalized spacial score (nSPS) is 24.2. The molecule has 3 aliphatic rings. The molecule has 2 unspecified atom stereocenters. The fraction of sp³-hybridized carbons (Fsp3) is 0.387. The lowest BCUT2D eigenvalue weighted by Gasteiger charge is -2.41. The van der Waals surface area contributed by atoms with Crippen LogP contribution in [0.4, 0.5) is 0 Å². The Morgan fingerprint density at radius 2 is 1.63 bits per heavy atom. The van der Waals surface area contributed by atoms with Crippen molar-refractivity contribution in [1.82, 2.24) is 9.80 Å². The van der Waals surface area contributed by atoms with E-state index in [0.29, 0.717) is 24.0 Å². The second-order valence-electron chi connectivity index (χ2n) is 10.8. The van der Waals surface area contributed by atoms with Crippen LogP contribution < -0.4 is 0 Å². The Bertz CT molecular complexity index is 1200. The number of hydrogen-bond acceptors (Lipinski definition) is 3. The van der Waals surface area contributed by atoms with Gasteiger partial charge in [-0.25, -0.2) is 0 Å². The molecule has 0 N–H and O–H groups in total. The summed E-state index contributed by atoms with van der Waals surface area (Å²) in [5.74, 6) is 1.40. The minimum atomic E-state index is 0.0611. The minimum Gasteiger partial charge on any atom is -0.303 e. The van der Waals surface area contributed by atoms with Crippen LogP contribution in [0.25, 0.3) is 0 Å². The largest absolute Gasteiger partial charge is 0.303 e. The molecule has 0 aromatic heterocycles. The van der Waals surface area contributed by atoms with Crippen molar-refractivity contribution < 1.29 is 4.79 Å². The highest BCUT2D eigenvalue weighted by atomic mass is 35.5. The second-order valence-corrected chi connectivity index (χ2v) is 11.3. The van der Waals surface area contributed by atoms with E-state index in [1.165, 1.54) is 16.7 Å². The Balaban J connectivity index is 1.17. The quantitative estimate of drug-likeness (QED) is 0.432. The van der Waals surface area contributed by atoms with Gasteiger partial charge in [-0.2, -0.15) is 0 Å². The van der Waals surface area contributed by atoms with Gasteiger partial charge in [0, 0.05) is 54.5 Å². The molecular formula is C31H33ClN2O. The monoisotopic (exact) mass is 484 g/mol. The van der Waals surface area contributed by atoms with Crippen molar-refractivity contribution in [2.45, 2.75) is 37.1 Å². The first-order valence-corrected chi connectivity index (χ1v) is 13.3. The van der Waals surface area contributed by atoms with Crippen LogP contribution >= 0.6 is 11.6 Å². The average molecular weight is 485 g/mol. The van der Waals surface area contributed by atoms with Crippen LogP contribution in [0.15, 0.2) is 78.9 Å². The number of piperidine rings is 1. The van der Waals surface area contributed by atoms with Gasteiger partial charge in [0.2, 0.25) is 0 Å². The summed E-state index contributed by atoms with van der Waals surface area (Å²) >= 11 is 6.40. The van der Waals surface area contributed by atoms with Crippen LogP contribution in [0.2, 0.25) is 5.02 Å². The Morgan fingerprint density at radius 1 is 0.857 bits per heavy atom. The van der Waals surface area contributed by atoms with Crippen molar-refractivity contribution in [1.29, 1.82) is 0 Å². The van der Waals surface area contributed by atoms with Crippen molar-refractivity contribution in [2.75, 3.05) is 32.7 Å². The summed E-state index contributed by atoms with van der Waals surface area (Å²) in [6.45, 7) is 6.41.